The summed E-state index contributed by atoms with van der Waals surface area (Å²) in [6.45, 7) is 3.48. The molecular formula is C15H19N3S. The lowest BCUT2D eigenvalue weighted by Gasteiger charge is -2.34. The maximum atomic E-state index is 4.65. The van der Waals surface area contributed by atoms with E-state index in [0.717, 1.165) is 6.54 Å². The zero-order chi connectivity index (χ0) is 12.8. The molecule has 2 aliphatic rings. The Balaban J connectivity index is 1.89. The van der Waals surface area contributed by atoms with E-state index >= 15 is 0 Å². The number of fused-ring (bicyclic) bond motifs is 3. The predicted octanol–water partition coefficient (Wildman–Crippen LogP) is 3.56. The number of hydrogen-bond donors (Lipinski definition) is 0. The van der Waals surface area contributed by atoms with Crippen molar-refractivity contribution < 1.29 is 0 Å². The molecule has 3 nitrogen and oxygen atoms in total. The topological polar surface area (TPSA) is 29.0 Å². The molecule has 2 aromatic rings. The largest absolute Gasteiger partial charge is 0.353 e. The average Bonchev–Trinajstić information content (AvgIpc) is 2.99. The molecule has 2 aromatic heterocycles. The van der Waals surface area contributed by atoms with Gasteiger partial charge in [-0.25, -0.2) is 9.97 Å². The monoisotopic (exact) mass is 273 g/mol. The van der Waals surface area contributed by atoms with Crippen LogP contribution in [0.5, 0.6) is 0 Å². The van der Waals surface area contributed by atoms with Crippen molar-refractivity contribution in [2.45, 2.75) is 51.5 Å². The Morgan fingerprint density at radius 3 is 3.05 bits per heavy atom. The normalized spacial score (nSPS) is 23.0. The Kier molecular flexibility index (Phi) is 2.72. The number of hydrogen-bond acceptors (Lipinski definition) is 4. The maximum Gasteiger partial charge on any atom is 0.141 e. The second-order valence-electron chi connectivity index (χ2n) is 5.77. The summed E-state index contributed by atoms with van der Waals surface area (Å²) < 4.78 is 0. The van der Waals surface area contributed by atoms with Crippen molar-refractivity contribution in [3.63, 3.8) is 0 Å². The van der Waals surface area contributed by atoms with Crippen molar-refractivity contribution in [3.05, 3.63) is 16.8 Å². The van der Waals surface area contributed by atoms with Crippen LogP contribution in [0.1, 0.15) is 43.0 Å². The van der Waals surface area contributed by atoms with E-state index in [0.29, 0.717) is 6.04 Å². The van der Waals surface area contributed by atoms with E-state index in [4.69, 9.17) is 0 Å². The molecule has 0 saturated carbocycles. The Hall–Kier alpha value is -1.16. The summed E-state index contributed by atoms with van der Waals surface area (Å²) >= 11 is 1.89. The van der Waals surface area contributed by atoms with Gasteiger partial charge in [-0.1, -0.05) is 0 Å². The number of nitrogens with zero attached hydrogens (tertiary/aromatic N) is 3. The van der Waals surface area contributed by atoms with Gasteiger partial charge in [-0.15, -0.1) is 11.3 Å². The number of thiophene rings is 1. The van der Waals surface area contributed by atoms with Crippen molar-refractivity contribution in [2.75, 3.05) is 11.4 Å². The van der Waals surface area contributed by atoms with Crippen LogP contribution in [0.2, 0.25) is 0 Å². The van der Waals surface area contributed by atoms with Crippen molar-refractivity contribution >= 4 is 27.4 Å². The fourth-order valence-electron chi connectivity index (χ4n) is 3.54. The summed E-state index contributed by atoms with van der Waals surface area (Å²) in [6.07, 6.45) is 9.46. The molecule has 1 saturated heterocycles. The van der Waals surface area contributed by atoms with Crippen molar-refractivity contribution in [1.82, 2.24) is 9.97 Å². The van der Waals surface area contributed by atoms with Crippen LogP contribution in [0.25, 0.3) is 10.2 Å². The Morgan fingerprint density at radius 1 is 1.21 bits per heavy atom. The van der Waals surface area contributed by atoms with Gasteiger partial charge in [-0.05, 0) is 51.0 Å². The molecule has 1 fully saturated rings. The first-order valence-electron chi connectivity index (χ1n) is 7.36. The number of aromatic nitrogens is 2. The van der Waals surface area contributed by atoms with E-state index < -0.39 is 0 Å². The van der Waals surface area contributed by atoms with Gasteiger partial charge in [-0.3, -0.25) is 0 Å². The molecule has 3 heterocycles. The zero-order valence-electron chi connectivity index (χ0n) is 11.4. The zero-order valence-corrected chi connectivity index (χ0v) is 12.2. The Labute approximate surface area is 117 Å². The fourth-order valence-corrected chi connectivity index (χ4v) is 4.77. The highest BCUT2D eigenvalue weighted by Crippen LogP contribution is 2.41. The molecule has 0 spiro atoms. The highest BCUT2D eigenvalue weighted by Gasteiger charge is 2.26. The average molecular weight is 273 g/mol. The SMILES string of the molecule is CC1CCCCN1c1ncnc2sc3c(c12)CCC3. The Bertz CT molecular complexity index is 619. The van der Waals surface area contributed by atoms with Crippen molar-refractivity contribution in [1.29, 1.82) is 0 Å². The second kappa shape index (κ2) is 4.44. The van der Waals surface area contributed by atoms with Crippen LogP contribution in [0.15, 0.2) is 6.33 Å². The summed E-state index contributed by atoms with van der Waals surface area (Å²) in [4.78, 5) is 14.4. The molecule has 19 heavy (non-hydrogen) atoms. The summed E-state index contributed by atoms with van der Waals surface area (Å²) in [5, 5.41) is 1.37. The highest BCUT2D eigenvalue weighted by atomic mass is 32.1. The van der Waals surface area contributed by atoms with Crippen LogP contribution >= 0.6 is 11.3 Å². The molecular weight excluding hydrogens is 254 g/mol. The van der Waals surface area contributed by atoms with Gasteiger partial charge in [0.2, 0.25) is 0 Å². The predicted molar refractivity (Wildman–Crippen MR) is 80.1 cm³/mol. The number of anilines is 1. The standard InChI is InChI=1S/C15H19N3S/c1-10-5-2-3-8-18(10)14-13-11-6-4-7-12(11)19-15(13)17-9-16-14/h9-10H,2-8H2,1H3. The van der Waals surface area contributed by atoms with Gasteiger partial charge in [-0.2, -0.15) is 0 Å². The quantitative estimate of drug-likeness (QED) is 0.795. The molecule has 1 atom stereocenters. The van der Waals surface area contributed by atoms with Crippen molar-refractivity contribution in [3.8, 4) is 0 Å². The molecule has 0 amide bonds. The highest BCUT2D eigenvalue weighted by molar-refractivity contribution is 7.19. The van der Waals surface area contributed by atoms with Crippen LogP contribution in [0, 0.1) is 0 Å². The van der Waals surface area contributed by atoms with E-state index in [9.17, 15) is 0 Å². The molecule has 0 radical (unpaired) electrons. The van der Waals surface area contributed by atoms with E-state index in [1.54, 1.807) is 16.8 Å². The lowest BCUT2D eigenvalue weighted by molar-refractivity contribution is 0.482. The van der Waals surface area contributed by atoms with Gasteiger partial charge in [0.05, 0.1) is 5.39 Å². The summed E-state index contributed by atoms with van der Waals surface area (Å²) in [5.74, 6) is 1.21. The minimum atomic E-state index is 0.615. The van der Waals surface area contributed by atoms with Gasteiger partial charge in [0.25, 0.3) is 0 Å². The van der Waals surface area contributed by atoms with Crippen LogP contribution in [0.4, 0.5) is 5.82 Å². The summed E-state index contributed by atoms with van der Waals surface area (Å²) in [6, 6.07) is 0.615. The van der Waals surface area contributed by atoms with E-state index in [-0.39, 0.29) is 0 Å². The molecule has 0 aromatic carbocycles. The summed E-state index contributed by atoms with van der Waals surface area (Å²) in [7, 11) is 0. The van der Waals surface area contributed by atoms with Gasteiger partial charge in [0, 0.05) is 17.5 Å². The first-order valence-corrected chi connectivity index (χ1v) is 8.18. The number of piperidine rings is 1. The number of rotatable bonds is 1. The third kappa shape index (κ3) is 1.76. The second-order valence-corrected chi connectivity index (χ2v) is 6.86. The van der Waals surface area contributed by atoms with Crippen molar-refractivity contribution in [2.24, 2.45) is 0 Å². The third-order valence-electron chi connectivity index (χ3n) is 4.56. The summed E-state index contributed by atoms with van der Waals surface area (Å²) in [5.41, 5.74) is 1.55. The first-order chi connectivity index (χ1) is 9.34. The smallest absolute Gasteiger partial charge is 0.141 e. The van der Waals surface area contributed by atoms with Gasteiger partial charge in [0.1, 0.15) is 17.0 Å². The maximum absolute atomic E-state index is 4.65. The van der Waals surface area contributed by atoms with Gasteiger partial charge < -0.3 is 4.90 Å². The lowest BCUT2D eigenvalue weighted by Crippen LogP contribution is -2.38. The van der Waals surface area contributed by atoms with Gasteiger partial charge >= 0.3 is 0 Å². The fraction of sp³-hybridized carbons (Fsp3) is 0.600. The van der Waals surface area contributed by atoms with Crippen LogP contribution in [-0.4, -0.2) is 22.6 Å². The minimum Gasteiger partial charge on any atom is -0.353 e. The molecule has 1 aliphatic heterocycles. The van der Waals surface area contributed by atoms with Gasteiger partial charge in [0.15, 0.2) is 0 Å². The molecule has 100 valence electrons. The number of aryl methyl sites for hydroxylation is 2. The van der Waals surface area contributed by atoms with E-state index in [1.807, 2.05) is 11.3 Å². The van der Waals surface area contributed by atoms with Crippen LogP contribution in [-0.2, 0) is 12.8 Å². The third-order valence-corrected chi connectivity index (χ3v) is 5.76. The molecule has 0 bridgehead atoms. The van der Waals surface area contributed by atoms with Crippen LogP contribution < -0.4 is 4.90 Å². The lowest BCUT2D eigenvalue weighted by atomic mass is 10.0. The molecule has 0 N–H and O–H groups in total. The first kappa shape index (κ1) is 11.6. The Morgan fingerprint density at radius 2 is 2.16 bits per heavy atom. The van der Waals surface area contributed by atoms with E-state index in [1.165, 1.54) is 54.6 Å². The molecule has 1 aliphatic carbocycles. The van der Waals surface area contributed by atoms with Crippen LogP contribution in [0.3, 0.4) is 0 Å². The van der Waals surface area contributed by atoms with E-state index in [2.05, 4.69) is 21.8 Å². The molecule has 4 heteroatoms. The molecule has 1 unspecified atom stereocenters. The molecule has 4 rings (SSSR count). The minimum absolute atomic E-state index is 0.615.